The van der Waals surface area contributed by atoms with Crippen LogP contribution in [0.3, 0.4) is 0 Å². The zero-order chi connectivity index (χ0) is 14.5. The fourth-order valence-corrected chi connectivity index (χ4v) is 3.86. The van der Waals surface area contributed by atoms with Crippen LogP contribution >= 0.6 is 20.6 Å². The molecule has 0 aliphatic carbocycles. The molecule has 0 amide bonds. The van der Waals surface area contributed by atoms with Crippen molar-refractivity contribution >= 4 is 39.8 Å². The van der Waals surface area contributed by atoms with Crippen molar-refractivity contribution in [3.8, 4) is 0 Å². The summed E-state index contributed by atoms with van der Waals surface area (Å²) in [6.07, 6.45) is 0. The molecule has 0 atom stereocenters. The van der Waals surface area contributed by atoms with Gasteiger partial charge in [-0.15, -0.1) is 0 Å². The number of carbonyl (C=O) groups is 1. The Hall–Kier alpha value is -1.26. The van der Waals surface area contributed by atoms with Crippen LogP contribution in [0, 0.1) is 3.57 Å². The van der Waals surface area contributed by atoms with Crippen molar-refractivity contribution in [2.75, 3.05) is 0 Å². The Morgan fingerprint density at radius 1 is 1.16 bits per heavy atom. The quantitative estimate of drug-likeness (QED) is 0.451. The van der Waals surface area contributed by atoms with Crippen molar-refractivity contribution in [3.63, 3.8) is 0 Å². The zero-order valence-electron chi connectivity index (χ0n) is 10.1. The van der Waals surface area contributed by atoms with Gasteiger partial charge in [0.1, 0.15) is 0 Å². The SMILES string of the molecule is CC(=O)OI(OC(C)=[O+][B-](F)(F)F)c1ccccc1. The molecule has 0 N–H and O–H groups in total. The summed E-state index contributed by atoms with van der Waals surface area (Å²) in [6, 6.07) is 8.34. The fourth-order valence-electron chi connectivity index (χ4n) is 1.03. The predicted octanol–water partition coefficient (Wildman–Crippen LogP) is 3.20. The number of rotatable bonds is 4. The molecular formula is C10H11BF3IO4. The summed E-state index contributed by atoms with van der Waals surface area (Å²) >= 11 is -2.99. The molecule has 0 aliphatic rings. The number of hydrogen-bond acceptors (Lipinski definition) is 3. The molecule has 0 unspecified atom stereocenters. The van der Waals surface area contributed by atoms with Gasteiger partial charge in [0.25, 0.3) is 0 Å². The van der Waals surface area contributed by atoms with Crippen LogP contribution in [0.25, 0.3) is 0 Å². The van der Waals surface area contributed by atoms with E-state index in [2.05, 4.69) is 4.34 Å². The van der Waals surface area contributed by atoms with Gasteiger partial charge in [0.15, 0.2) is 0 Å². The number of halogens is 4. The monoisotopic (exact) mass is 390 g/mol. The molecule has 1 aromatic rings. The molecule has 1 rings (SSSR count). The maximum absolute atomic E-state index is 12.1. The van der Waals surface area contributed by atoms with Crippen LogP contribution in [0.4, 0.5) is 12.9 Å². The minimum atomic E-state index is -5.45. The first-order valence-electron chi connectivity index (χ1n) is 5.12. The van der Waals surface area contributed by atoms with Crippen molar-refractivity contribution in [3.05, 3.63) is 33.9 Å². The average Bonchev–Trinajstić information content (AvgIpc) is 2.26. The number of benzene rings is 1. The summed E-state index contributed by atoms with van der Waals surface area (Å²) < 4.78 is 50.4. The molecule has 9 heteroatoms. The molecule has 0 aliphatic heterocycles. The van der Waals surface area contributed by atoms with E-state index in [0.717, 1.165) is 6.92 Å². The van der Waals surface area contributed by atoms with E-state index in [4.69, 9.17) is 6.13 Å². The normalized spacial score (nSPS) is 12.9. The summed E-state index contributed by atoms with van der Waals surface area (Å²) in [6.45, 7) is 2.20. The van der Waals surface area contributed by atoms with E-state index in [1.54, 1.807) is 30.3 Å². The number of carbonyl (C=O) groups excluding carboxylic acids is 2. The standard InChI is InChI=1S/C10H11BF3IO4/c1-8(16)18-15(10-6-4-3-5-7-10)19-9(2)17-11(12,13)14/h3-7H,1-2H3. The first kappa shape index (κ1) is 15.8. The maximum atomic E-state index is 12.1. The molecule has 0 radical (unpaired) electrons. The zero-order valence-corrected chi connectivity index (χ0v) is 12.3. The molecule has 0 saturated heterocycles. The van der Waals surface area contributed by atoms with Crippen LogP contribution in [-0.2, 0) is 15.3 Å². The number of hydrogen-bond donors (Lipinski definition) is 0. The van der Waals surface area contributed by atoms with Gasteiger partial charge in [-0.05, 0) is 0 Å². The molecule has 0 spiro atoms. The Morgan fingerprint density at radius 2 is 1.74 bits per heavy atom. The Balaban J connectivity index is 2.88. The van der Waals surface area contributed by atoms with E-state index in [1.165, 1.54) is 6.92 Å². The van der Waals surface area contributed by atoms with Gasteiger partial charge in [0.2, 0.25) is 0 Å². The average molecular weight is 390 g/mol. The first-order chi connectivity index (χ1) is 8.78. The van der Waals surface area contributed by atoms with Gasteiger partial charge < -0.3 is 0 Å². The molecule has 0 bridgehead atoms. The van der Waals surface area contributed by atoms with Gasteiger partial charge in [0.05, 0.1) is 0 Å². The molecule has 19 heavy (non-hydrogen) atoms. The van der Waals surface area contributed by atoms with Gasteiger partial charge in [-0.25, -0.2) is 0 Å². The molecule has 1 aromatic carbocycles. The van der Waals surface area contributed by atoms with Crippen molar-refractivity contribution in [1.82, 2.24) is 0 Å². The third-order valence-electron chi connectivity index (χ3n) is 1.57. The molecule has 0 fully saturated rings. The molecule has 0 saturated carbocycles. The predicted molar refractivity (Wildman–Crippen MR) is 71.8 cm³/mol. The van der Waals surface area contributed by atoms with Gasteiger partial charge >= 0.3 is 116 Å². The Labute approximate surface area is 116 Å². The van der Waals surface area contributed by atoms with Crippen LogP contribution < -0.4 is 0 Å². The molecule has 0 heterocycles. The Kier molecular flexibility index (Phi) is 5.64. The minimum absolute atomic E-state index is 0.555. The van der Waals surface area contributed by atoms with Gasteiger partial charge in [-0.2, -0.15) is 0 Å². The van der Waals surface area contributed by atoms with Crippen molar-refractivity contribution in [2.24, 2.45) is 0 Å². The summed E-state index contributed by atoms with van der Waals surface area (Å²) in [5.41, 5.74) is 0. The van der Waals surface area contributed by atoms with Crippen LogP contribution in [0.15, 0.2) is 30.3 Å². The van der Waals surface area contributed by atoms with Crippen LogP contribution in [0.5, 0.6) is 0 Å². The summed E-state index contributed by atoms with van der Waals surface area (Å²) in [4.78, 5) is 11.0. The second kappa shape index (κ2) is 6.78. The van der Waals surface area contributed by atoms with E-state index in [-0.39, 0.29) is 0 Å². The molecular weight excluding hydrogens is 379 g/mol. The van der Waals surface area contributed by atoms with Crippen LogP contribution in [0.2, 0.25) is 0 Å². The van der Waals surface area contributed by atoms with Crippen molar-refractivity contribution in [1.29, 1.82) is 0 Å². The van der Waals surface area contributed by atoms with Crippen molar-refractivity contribution in [2.45, 2.75) is 13.8 Å². The van der Waals surface area contributed by atoms with E-state index in [1.807, 2.05) is 0 Å². The third-order valence-corrected chi connectivity index (χ3v) is 5.34. The van der Waals surface area contributed by atoms with E-state index in [9.17, 15) is 17.7 Å². The summed E-state index contributed by atoms with van der Waals surface area (Å²) in [5, 5.41) is 0. The second-order valence-corrected chi connectivity index (χ2v) is 6.65. The second-order valence-electron chi connectivity index (χ2n) is 3.28. The third kappa shape index (κ3) is 6.46. The van der Waals surface area contributed by atoms with Crippen molar-refractivity contribution < 1.29 is 28.2 Å². The first-order valence-corrected chi connectivity index (χ1v) is 7.96. The van der Waals surface area contributed by atoms with Gasteiger partial charge in [-0.1, -0.05) is 0 Å². The molecule has 4 nitrogen and oxygen atoms in total. The van der Waals surface area contributed by atoms with Crippen LogP contribution in [-0.4, -0.2) is 19.1 Å². The van der Waals surface area contributed by atoms with E-state index in [0.29, 0.717) is 3.57 Å². The van der Waals surface area contributed by atoms with E-state index >= 15 is 0 Å². The van der Waals surface area contributed by atoms with E-state index < -0.39 is 39.8 Å². The van der Waals surface area contributed by atoms with Gasteiger partial charge in [0, 0.05) is 0 Å². The van der Waals surface area contributed by atoms with Crippen LogP contribution in [0.1, 0.15) is 13.8 Å². The van der Waals surface area contributed by atoms with Gasteiger partial charge in [-0.3, -0.25) is 0 Å². The summed E-state index contributed by atoms with van der Waals surface area (Å²) in [5.74, 6) is -1.28. The fraction of sp³-hybridized carbons (Fsp3) is 0.200. The topological polar surface area (TPSA) is 46.8 Å². The summed E-state index contributed by atoms with van der Waals surface area (Å²) in [7, 11) is -5.45. The Morgan fingerprint density at radius 3 is 2.21 bits per heavy atom. The molecule has 0 aromatic heterocycles. The molecule has 106 valence electrons. The Bertz CT molecular complexity index is 464.